The first-order valence-corrected chi connectivity index (χ1v) is 8.77. The van der Waals surface area contributed by atoms with E-state index in [0.717, 1.165) is 6.42 Å². The fourth-order valence-electron chi connectivity index (χ4n) is 4.36. The van der Waals surface area contributed by atoms with Crippen molar-refractivity contribution in [3.63, 3.8) is 0 Å². The zero-order valence-electron chi connectivity index (χ0n) is 13.7. The maximum absolute atomic E-state index is 2.48. The van der Waals surface area contributed by atoms with Crippen LogP contribution in [0, 0.1) is 0 Å². The summed E-state index contributed by atoms with van der Waals surface area (Å²) in [5.41, 5.74) is 10.9. The van der Waals surface area contributed by atoms with Crippen molar-refractivity contribution < 1.29 is 0 Å². The van der Waals surface area contributed by atoms with Crippen molar-refractivity contribution in [3.05, 3.63) is 64.2 Å². The predicted octanol–water partition coefficient (Wildman–Crippen LogP) is 5.93. The molecule has 0 N–H and O–H groups in total. The summed E-state index contributed by atoms with van der Waals surface area (Å²) in [6.45, 7) is 4.62. The third-order valence-electron chi connectivity index (χ3n) is 5.54. The number of benzene rings is 2. The average molecular weight is 288 g/mol. The Morgan fingerprint density at radius 1 is 1.05 bits per heavy atom. The fourth-order valence-corrected chi connectivity index (χ4v) is 4.36. The second-order valence-corrected chi connectivity index (χ2v) is 6.65. The second kappa shape index (κ2) is 5.43. The Morgan fingerprint density at radius 2 is 1.91 bits per heavy atom. The molecule has 2 aliphatic rings. The van der Waals surface area contributed by atoms with Crippen LogP contribution in [0.2, 0.25) is 0 Å². The molecule has 2 aromatic carbocycles. The second-order valence-electron chi connectivity index (χ2n) is 6.65. The molecule has 0 fully saturated rings. The van der Waals surface area contributed by atoms with Crippen molar-refractivity contribution in [1.82, 2.24) is 0 Å². The van der Waals surface area contributed by atoms with E-state index in [4.69, 9.17) is 0 Å². The molecule has 0 aliphatic heterocycles. The lowest BCUT2D eigenvalue weighted by Gasteiger charge is -2.31. The molecule has 0 amide bonds. The molecule has 0 saturated heterocycles. The molecular weight excluding hydrogens is 264 g/mol. The highest BCUT2D eigenvalue weighted by molar-refractivity contribution is 5.79. The first-order valence-electron chi connectivity index (χ1n) is 8.77. The van der Waals surface area contributed by atoms with E-state index in [1.165, 1.54) is 47.9 Å². The van der Waals surface area contributed by atoms with Crippen LogP contribution in [0.4, 0.5) is 0 Å². The van der Waals surface area contributed by atoms with Gasteiger partial charge in [-0.25, -0.2) is 0 Å². The Labute approximate surface area is 133 Å². The largest absolute Gasteiger partial charge is 0.0836 e. The Hall–Kier alpha value is -1.82. The van der Waals surface area contributed by atoms with Crippen molar-refractivity contribution >= 4 is 6.08 Å². The summed E-state index contributed by atoms with van der Waals surface area (Å²) < 4.78 is 0. The van der Waals surface area contributed by atoms with E-state index >= 15 is 0 Å². The first kappa shape index (κ1) is 13.8. The molecule has 0 heterocycles. The van der Waals surface area contributed by atoms with Crippen molar-refractivity contribution in [2.75, 3.05) is 0 Å². The molecule has 0 bridgehead atoms. The molecule has 1 atom stereocenters. The standard InChI is InChI=1S/C22H24/c1-3-15-13-21-20-12-8-6-10-18(20)16(4-2)14-22(21)19-11-7-5-9-17(15)19/h5-7,9-11,14-15H,3-4,8,12-13H2,1-2H3. The van der Waals surface area contributed by atoms with Crippen molar-refractivity contribution in [1.29, 1.82) is 0 Å². The highest BCUT2D eigenvalue weighted by atomic mass is 14.3. The van der Waals surface area contributed by atoms with E-state index in [2.05, 4.69) is 56.3 Å². The summed E-state index contributed by atoms with van der Waals surface area (Å²) >= 11 is 0. The van der Waals surface area contributed by atoms with Crippen molar-refractivity contribution in [2.45, 2.75) is 51.9 Å². The third kappa shape index (κ3) is 1.97. The van der Waals surface area contributed by atoms with Gasteiger partial charge in [-0.15, -0.1) is 0 Å². The van der Waals surface area contributed by atoms with Gasteiger partial charge in [0, 0.05) is 0 Å². The number of hydrogen-bond donors (Lipinski definition) is 0. The van der Waals surface area contributed by atoms with Gasteiger partial charge in [0.25, 0.3) is 0 Å². The Balaban J connectivity index is 2.02. The zero-order valence-corrected chi connectivity index (χ0v) is 13.7. The summed E-state index contributed by atoms with van der Waals surface area (Å²) in [5, 5.41) is 0. The molecule has 0 heteroatoms. The van der Waals surface area contributed by atoms with E-state index in [-0.39, 0.29) is 0 Å². The predicted molar refractivity (Wildman–Crippen MR) is 95.3 cm³/mol. The Bertz CT molecular complexity index is 749. The lowest BCUT2D eigenvalue weighted by atomic mass is 9.73. The molecule has 0 spiro atoms. The fraction of sp³-hybridized carbons (Fsp3) is 0.364. The van der Waals surface area contributed by atoms with Gasteiger partial charge >= 0.3 is 0 Å². The van der Waals surface area contributed by atoms with E-state index in [1.54, 1.807) is 16.7 Å². The molecule has 22 heavy (non-hydrogen) atoms. The summed E-state index contributed by atoms with van der Waals surface area (Å²) in [6, 6.07) is 11.6. The van der Waals surface area contributed by atoms with Crippen LogP contribution >= 0.6 is 0 Å². The normalized spacial score (nSPS) is 18.5. The molecule has 1 unspecified atom stereocenters. The van der Waals surface area contributed by atoms with Crippen LogP contribution in [-0.2, 0) is 19.3 Å². The monoisotopic (exact) mass is 288 g/mol. The van der Waals surface area contributed by atoms with Gasteiger partial charge in [-0.1, -0.05) is 56.3 Å². The molecule has 4 rings (SSSR count). The van der Waals surface area contributed by atoms with E-state index < -0.39 is 0 Å². The smallest absolute Gasteiger partial charge is 0.0118 e. The summed E-state index contributed by atoms with van der Waals surface area (Å²) in [6.07, 6.45) is 10.7. The van der Waals surface area contributed by atoms with Crippen LogP contribution in [0.1, 0.15) is 60.4 Å². The average Bonchev–Trinajstić information content (AvgIpc) is 2.60. The topological polar surface area (TPSA) is 0 Å². The Kier molecular flexibility index (Phi) is 3.41. The number of fused-ring (bicyclic) bond motifs is 5. The number of rotatable bonds is 2. The van der Waals surface area contributed by atoms with Crippen molar-refractivity contribution in [2.24, 2.45) is 0 Å². The molecule has 2 aliphatic carbocycles. The van der Waals surface area contributed by atoms with Gasteiger partial charge in [-0.05, 0) is 77.0 Å². The highest BCUT2D eigenvalue weighted by Gasteiger charge is 2.27. The number of allylic oxidation sites excluding steroid dienone is 1. The van der Waals surface area contributed by atoms with Crippen molar-refractivity contribution in [3.8, 4) is 11.1 Å². The minimum absolute atomic E-state index is 0.686. The van der Waals surface area contributed by atoms with Crippen LogP contribution in [0.25, 0.3) is 17.2 Å². The van der Waals surface area contributed by atoms with Gasteiger partial charge in [0.05, 0.1) is 0 Å². The Morgan fingerprint density at radius 3 is 2.73 bits per heavy atom. The first-order chi connectivity index (χ1) is 10.8. The summed E-state index contributed by atoms with van der Waals surface area (Å²) in [5.74, 6) is 0.686. The van der Waals surface area contributed by atoms with E-state index in [0.29, 0.717) is 5.92 Å². The van der Waals surface area contributed by atoms with Gasteiger partial charge < -0.3 is 0 Å². The number of hydrogen-bond acceptors (Lipinski definition) is 0. The van der Waals surface area contributed by atoms with Crippen LogP contribution in [0.15, 0.2) is 36.4 Å². The molecule has 112 valence electrons. The highest BCUT2D eigenvalue weighted by Crippen LogP contribution is 2.45. The SMILES string of the molecule is CCc1cc2c(c3c1C=CCC3)CC(CC)c1ccccc1-2. The molecular formula is C22H24. The van der Waals surface area contributed by atoms with Gasteiger partial charge in [0.1, 0.15) is 0 Å². The maximum Gasteiger partial charge on any atom is -0.0118 e. The van der Waals surface area contributed by atoms with Gasteiger partial charge in [0.15, 0.2) is 0 Å². The van der Waals surface area contributed by atoms with E-state index in [9.17, 15) is 0 Å². The van der Waals surface area contributed by atoms with Crippen LogP contribution in [0.3, 0.4) is 0 Å². The minimum Gasteiger partial charge on any atom is -0.0836 e. The minimum atomic E-state index is 0.686. The molecule has 0 saturated carbocycles. The lowest BCUT2D eigenvalue weighted by molar-refractivity contribution is 0.648. The van der Waals surface area contributed by atoms with Gasteiger partial charge in [-0.3, -0.25) is 0 Å². The lowest BCUT2D eigenvalue weighted by Crippen LogP contribution is -2.15. The van der Waals surface area contributed by atoms with Crippen LogP contribution < -0.4 is 0 Å². The summed E-state index contributed by atoms with van der Waals surface area (Å²) in [7, 11) is 0. The van der Waals surface area contributed by atoms with E-state index in [1.807, 2.05) is 0 Å². The zero-order chi connectivity index (χ0) is 15.1. The van der Waals surface area contributed by atoms with Gasteiger partial charge in [-0.2, -0.15) is 0 Å². The van der Waals surface area contributed by atoms with Crippen LogP contribution in [-0.4, -0.2) is 0 Å². The van der Waals surface area contributed by atoms with Crippen LogP contribution in [0.5, 0.6) is 0 Å². The molecule has 0 nitrogen and oxygen atoms in total. The quantitative estimate of drug-likeness (QED) is 0.643. The van der Waals surface area contributed by atoms with Gasteiger partial charge in [0.2, 0.25) is 0 Å². The molecule has 0 radical (unpaired) electrons. The number of aryl methyl sites for hydroxylation is 1. The maximum atomic E-state index is 2.48. The summed E-state index contributed by atoms with van der Waals surface area (Å²) in [4.78, 5) is 0. The molecule has 0 aromatic heterocycles. The molecule has 2 aromatic rings. The third-order valence-corrected chi connectivity index (χ3v) is 5.54.